The fourth-order valence-corrected chi connectivity index (χ4v) is 3.96. The molecule has 4 aliphatic rings. The van der Waals surface area contributed by atoms with Crippen LogP contribution >= 0.6 is 0 Å². The van der Waals surface area contributed by atoms with Crippen molar-refractivity contribution in [3.05, 3.63) is 95.2 Å². The average molecular weight is 1030 g/mol. The molecule has 0 aromatic heterocycles. The van der Waals surface area contributed by atoms with Gasteiger partial charge in [0.15, 0.2) is 0 Å². The van der Waals surface area contributed by atoms with Gasteiger partial charge in [0.25, 0.3) is 0 Å². The van der Waals surface area contributed by atoms with E-state index in [1.54, 1.807) is 0 Å². The van der Waals surface area contributed by atoms with Gasteiger partial charge in [0, 0.05) is 70.7 Å². The molecule has 0 unspecified atom stereocenters. The van der Waals surface area contributed by atoms with Crippen LogP contribution in [0.1, 0.15) is 130 Å². The first-order chi connectivity index (χ1) is 20.6. The predicted octanol–water partition coefficient (Wildman–Crippen LogP) is 6.51. The zero-order valence-electron chi connectivity index (χ0n) is 30.8. The maximum Gasteiger partial charge on any atom is 0.0213 e. The van der Waals surface area contributed by atoms with Crippen LogP contribution in [0.15, 0.2) is 70.9 Å². The van der Waals surface area contributed by atoms with Crippen LogP contribution in [0, 0.1) is 24.3 Å². The van der Waals surface area contributed by atoms with Crippen LogP contribution < -0.4 is 24.8 Å². The molecule has 46 heavy (non-hydrogen) atoms. The van der Waals surface area contributed by atoms with Crippen molar-refractivity contribution in [3.63, 3.8) is 0 Å². The van der Waals surface area contributed by atoms with Gasteiger partial charge in [0.2, 0.25) is 0 Å². The van der Waals surface area contributed by atoms with Gasteiger partial charge >= 0.3 is 0 Å². The SMILES string of the molecule is CCCCC1=[C-]CC=C1.CCCCC1=[C-]CC=C1.CCCCC1=[C-]CC=C1.CCCCC1=[C-]CC=C1.C[SiH]C.C[SiH]C.[Cl-].[Cl-].[Hf].[Hf]. The van der Waals surface area contributed by atoms with Gasteiger partial charge in [-0.3, -0.25) is 24.3 Å². The molecular formula is C40H66Cl2Hf2Si2-6. The Labute approximate surface area is 344 Å². The van der Waals surface area contributed by atoms with Crippen molar-refractivity contribution < 1.29 is 76.5 Å². The largest absolute Gasteiger partial charge is 1.00 e. The minimum atomic E-state index is 0. The summed E-state index contributed by atoms with van der Waals surface area (Å²) in [5.41, 5.74) is 5.66. The van der Waals surface area contributed by atoms with Crippen LogP contribution in [0.2, 0.25) is 26.2 Å². The van der Waals surface area contributed by atoms with Crippen molar-refractivity contribution in [1.29, 1.82) is 0 Å². The third kappa shape index (κ3) is 42.7. The van der Waals surface area contributed by atoms with Crippen LogP contribution in [-0.2, 0) is 51.7 Å². The van der Waals surface area contributed by atoms with E-state index in [0.29, 0.717) is 0 Å². The zero-order chi connectivity index (χ0) is 31.5. The predicted molar refractivity (Wildman–Crippen MR) is 198 cm³/mol. The standard InChI is InChI=1S/4C9H13.2C2H7Si.2ClH.2Hf/c4*1-2-3-6-9-7-4-5-8-9;2*1-3-2;;;;/h4*4,7H,2-3,5-6H2,1H3;2*3H,1-2H3;2*1H;;/q4*-1;;;;;;/p-2. The Bertz CT molecular complexity index is 715. The monoisotopic (exact) mass is 1030 g/mol. The third-order valence-corrected chi connectivity index (χ3v) is 6.26. The van der Waals surface area contributed by atoms with Gasteiger partial charge in [0.1, 0.15) is 0 Å². The summed E-state index contributed by atoms with van der Waals surface area (Å²) >= 11 is 0. The Balaban J connectivity index is -0.000000107. The summed E-state index contributed by atoms with van der Waals surface area (Å²) in [4.78, 5) is 0. The summed E-state index contributed by atoms with van der Waals surface area (Å²) in [6, 6.07) is 0. The minimum Gasteiger partial charge on any atom is -1.00 e. The summed E-state index contributed by atoms with van der Waals surface area (Å²) in [5.74, 6) is 0. The Morgan fingerprint density at radius 2 is 0.609 bits per heavy atom. The topological polar surface area (TPSA) is 0 Å². The molecular weight excluding hydrogens is 964 g/mol. The molecule has 0 fully saturated rings. The Morgan fingerprint density at radius 1 is 0.435 bits per heavy atom. The van der Waals surface area contributed by atoms with Gasteiger partial charge in [-0.25, -0.2) is 46.6 Å². The molecule has 0 saturated heterocycles. The number of hydrogen-bond acceptors (Lipinski definition) is 0. The van der Waals surface area contributed by atoms with Gasteiger partial charge < -0.3 is 24.8 Å². The van der Waals surface area contributed by atoms with E-state index in [4.69, 9.17) is 0 Å². The number of unbranched alkanes of at least 4 members (excludes halogenated alkanes) is 4. The van der Waals surface area contributed by atoms with E-state index in [0.717, 1.165) is 44.7 Å². The van der Waals surface area contributed by atoms with E-state index in [-0.39, 0.29) is 76.5 Å². The van der Waals surface area contributed by atoms with Crippen molar-refractivity contribution in [1.82, 2.24) is 0 Å². The first-order valence-electron chi connectivity index (χ1n) is 17.1. The maximum absolute atomic E-state index is 3.30. The zero-order valence-corrected chi connectivity index (χ0v) is 41.8. The van der Waals surface area contributed by atoms with Crippen LogP contribution in [0.5, 0.6) is 0 Å². The Morgan fingerprint density at radius 3 is 0.717 bits per heavy atom. The van der Waals surface area contributed by atoms with E-state index in [1.807, 2.05) is 0 Å². The first-order valence-corrected chi connectivity index (χ1v) is 21.7. The summed E-state index contributed by atoms with van der Waals surface area (Å²) in [5, 5.41) is 0. The van der Waals surface area contributed by atoms with Gasteiger partial charge in [-0.05, 0) is 0 Å². The number of halogens is 2. The van der Waals surface area contributed by atoms with Crippen molar-refractivity contribution >= 4 is 19.0 Å². The van der Waals surface area contributed by atoms with E-state index >= 15 is 0 Å². The molecule has 0 aromatic rings. The Kier molecular flexibility index (Phi) is 64.0. The molecule has 0 heterocycles. The van der Waals surface area contributed by atoms with E-state index in [2.05, 4.69) is 127 Å². The van der Waals surface area contributed by atoms with Crippen LogP contribution in [0.25, 0.3) is 0 Å². The number of allylic oxidation sites excluding steroid dienone is 16. The smallest absolute Gasteiger partial charge is 0.0213 e. The molecule has 4 rings (SSSR count). The molecule has 0 N–H and O–H groups in total. The van der Waals surface area contributed by atoms with E-state index < -0.39 is 0 Å². The summed E-state index contributed by atoms with van der Waals surface area (Å²) in [6.07, 6.45) is 50.1. The second kappa shape index (κ2) is 50.1. The molecule has 2 radical (unpaired) electrons. The van der Waals surface area contributed by atoms with Gasteiger partial charge in [-0.2, -0.15) is 24.3 Å². The van der Waals surface area contributed by atoms with Crippen molar-refractivity contribution in [2.45, 2.75) is 157 Å². The van der Waals surface area contributed by atoms with Gasteiger partial charge in [0.05, 0.1) is 0 Å². The van der Waals surface area contributed by atoms with E-state index in [9.17, 15) is 0 Å². The third-order valence-electron chi connectivity index (χ3n) is 6.26. The quantitative estimate of drug-likeness (QED) is 0.155. The second-order valence-electron chi connectivity index (χ2n) is 10.8. The molecule has 0 amide bonds. The second-order valence-corrected chi connectivity index (χ2v) is 13.1. The Hall–Kier alpha value is 0.674. The summed E-state index contributed by atoms with van der Waals surface area (Å²) < 4.78 is 0. The molecule has 0 aromatic carbocycles. The number of rotatable bonds is 12. The van der Waals surface area contributed by atoms with Crippen LogP contribution in [0.4, 0.5) is 0 Å². The summed E-state index contributed by atoms with van der Waals surface area (Å²) in [7, 11) is 1.50. The molecule has 0 spiro atoms. The van der Waals surface area contributed by atoms with Crippen LogP contribution in [0.3, 0.4) is 0 Å². The van der Waals surface area contributed by atoms with Gasteiger partial charge in [-0.15, -0.1) is 25.7 Å². The summed E-state index contributed by atoms with van der Waals surface area (Å²) in [6.45, 7) is 17.7. The fourth-order valence-electron chi connectivity index (χ4n) is 3.96. The first kappa shape index (κ1) is 58.9. The van der Waals surface area contributed by atoms with Crippen LogP contribution in [-0.4, -0.2) is 19.0 Å². The van der Waals surface area contributed by atoms with Crippen molar-refractivity contribution in [2.24, 2.45) is 0 Å². The minimum absolute atomic E-state index is 0. The molecule has 0 nitrogen and oxygen atoms in total. The van der Waals surface area contributed by atoms with Gasteiger partial charge in [-0.1, -0.05) is 131 Å². The van der Waals surface area contributed by atoms with E-state index in [1.165, 1.54) is 99.3 Å². The molecule has 0 atom stereocenters. The molecule has 0 bridgehead atoms. The van der Waals surface area contributed by atoms with Crippen molar-refractivity contribution in [2.75, 3.05) is 0 Å². The molecule has 0 aliphatic heterocycles. The number of hydrogen-bond donors (Lipinski definition) is 0. The molecule has 6 heteroatoms. The fraction of sp³-hybridized carbons (Fsp3) is 0.600. The average Bonchev–Trinajstić information content (AvgIpc) is 3.84. The maximum atomic E-state index is 3.30. The molecule has 262 valence electrons. The molecule has 0 saturated carbocycles. The van der Waals surface area contributed by atoms with Crippen molar-refractivity contribution in [3.8, 4) is 0 Å². The normalized spacial score (nSPS) is 13.6. The molecule has 4 aliphatic carbocycles.